The van der Waals surface area contributed by atoms with Gasteiger partial charge in [-0.3, -0.25) is 9.59 Å². The first-order chi connectivity index (χ1) is 12.1. The summed E-state index contributed by atoms with van der Waals surface area (Å²) in [6, 6.07) is 9.69. The lowest BCUT2D eigenvalue weighted by Gasteiger charge is -2.44. The molecule has 2 fully saturated rings. The molecule has 0 unspecified atom stereocenters. The standard InChI is InChI=1S/C20H23N3O2/c1-2-18(24)23-11-7-16(8-12-23)19(25)22-20(9-4-10-20)17-6-3-5-15(13-17)14-21/h2-3,5-6,13,16H,1,4,7-12H2,(H,22,25). The van der Waals surface area contributed by atoms with Gasteiger partial charge in [0.15, 0.2) is 0 Å². The van der Waals surface area contributed by atoms with E-state index in [0.717, 1.165) is 24.8 Å². The molecule has 0 spiro atoms. The zero-order valence-electron chi connectivity index (χ0n) is 14.3. The average molecular weight is 337 g/mol. The van der Waals surface area contributed by atoms with Gasteiger partial charge in [-0.25, -0.2) is 0 Å². The predicted octanol–water partition coefficient (Wildman–Crippen LogP) is 2.48. The van der Waals surface area contributed by atoms with Crippen molar-refractivity contribution >= 4 is 11.8 Å². The predicted molar refractivity (Wildman–Crippen MR) is 94.3 cm³/mol. The summed E-state index contributed by atoms with van der Waals surface area (Å²) in [5, 5.41) is 12.4. The Morgan fingerprint density at radius 1 is 1.32 bits per heavy atom. The number of nitrogens with zero attached hydrogens (tertiary/aromatic N) is 2. The number of nitriles is 1. The molecular weight excluding hydrogens is 314 g/mol. The van der Waals surface area contributed by atoms with Crippen LogP contribution in [0.2, 0.25) is 0 Å². The van der Waals surface area contributed by atoms with Gasteiger partial charge in [0.25, 0.3) is 0 Å². The van der Waals surface area contributed by atoms with Crippen LogP contribution < -0.4 is 5.32 Å². The van der Waals surface area contributed by atoms with E-state index in [0.29, 0.717) is 31.5 Å². The molecule has 1 aliphatic carbocycles. The molecular formula is C20H23N3O2. The molecule has 0 atom stereocenters. The molecule has 0 aromatic heterocycles. The van der Waals surface area contributed by atoms with Crippen LogP contribution in [0.1, 0.15) is 43.2 Å². The number of piperidine rings is 1. The minimum absolute atomic E-state index is 0.0627. The van der Waals surface area contributed by atoms with E-state index in [2.05, 4.69) is 18.0 Å². The Bertz CT molecular complexity index is 723. The number of carbonyl (C=O) groups excluding carboxylic acids is 2. The van der Waals surface area contributed by atoms with Crippen molar-refractivity contribution in [3.05, 3.63) is 48.0 Å². The maximum atomic E-state index is 12.8. The van der Waals surface area contributed by atoms with E-state index in [4.69, 9.17) is 5.26 Å². The Morgan fingerprint density at radius 3 is 2.60 bits per heavy atom. The molecule has 1 N–H and O–H groups in total. The molecule has 2 amide bonds. The molecule has 1 saturated heterocycles. The van der Waals surface area contributed by atoms with Crippen molar-refractivity contribution < 1.29 is 9.59 Å². The number of hydrogen-bond acceptors (Lipinski definition) is 3. The van der Waals surface area contributed by atoms with E-state index >= 15 is 0 Å². The van der Waals surface area contributed by atoms with E-state index in [1.165, 1.54) is 6.08 Å². The smallest absolute Gasteiger partial charge is 0.245 e. The van der Waals surface area contributed by atoms with Gasteiger partial charge in [0.05, 0.1) is 17.2 Å². The Morgan fingerprint density at radius 2 is 2.04 bits per heavy atom. The summed E-state index contributed by atoms with van der Waals surface area (Å²) in [5.74, 6) is -0.0686. The lowest BCUT2D eigenvalue weighted by atomic mass is 9.71. The summed E-state index contributed by atoms with van der Waals surface area (Å²) in [6.45, 7) is 4.71. The number of nitrogens with one attached hydrogen (secondary N) is 1. The summed E-state index contributed by atoms with van der Waals surface area (Å²) in [6.07, 6.45) is 5.57. The van der Waals surface area contributed by atoms with Crippen LogP contribution >= 0.6 is 0 Å². The zero-order valence-corrected chi connectivity index (χ0v) is 14.3. The molecule has 1 aromatic rings. The maximum absolute atomic E-state index is 12.8. The van der Waals surface area contributed by atoms with E-state index in [9.17, 15) is 9.59 Å². The quantitative estimate of drug-likeness (QED) is 0.858. The average Bonchev–Trinajstić information content (AvgIpc) is 2.64. The van der Waals surface area contributed by atoms with Crippen LogP contribution in [0.15, 0.2) is 36.9 Å². The van der Waals surface area contributed by atoms with Crippen molar-refractivity contribution in [2.75, 3.05) is 13.1 Å². The minimum Gasteiger partial charge on any atom is -0.346 e. The Kier molecular flexibility index (Phi) is 4.89. The van der Waals surface area contributed by atoms with Crippen LogP contribution in [0, 0.1) is 17.2 Å². The number of amides is 2. The van der Waals surface area contributed by atoms with Crippen molar-refractivity contribution in [1.82, 2.24) is 10.2 Å². The van der Waals surface area contributed by atoms with Gasteiger partial charge in [0.2, 0.25) is 11.8 Å². The fourth-order valence-corrected chi connectivity index (χ4v) is 3.73. The van der Waals surface area contributed by atoms with Gasteiger partial charge in [-0.05, 0) is 55.9 Å². The third-order valence-electron chi connectivity index (χ3n) is 5.47. The van der Waals surface area contributed by atoms with Crippen molar-refractivity contribution in [1.29, 1.82) is 5.26 Å². The third-order valence-corrected chi connectivity index (χ3v) is 5.47. The van der Waals surface area contributed by atoms with Crippen LogP contribution in [0.3, 0.4) is 0 Å². The van der Waals surface area contributed by atoms with Crippen LogP contribution in [-0.4, -0.2) is 29.8 Å². The summed E-state index contributed by atoms with van der Waals surface area (Å²) in [4.78, 5) is 26.2. The third kappa shape index (κ3) is 3.43. The molecule has 0 bridgehead atoms. The number of carbonyl (C=O) groups is 2. The fourth-order valence-electron chi connectivity index (χ4n) is 3.73. The second-order valence-electron chi connectivity index (χ2n) is 6.92. The number of likely N-dealkylation sites (tertiary alicyclic amines) is 1. The molecule has 1 heterocycles. The Balaban J connectivity index is 1.66. The lowest BCUT2D eigenvalue weighted by molar-refractivity contribution is -0.134. The molecule has 1 saturated carbocycles. The summed E-state index contributed by atoms with van der Waals surface area (Å²) in [7, 11) is 0. The van der Waals surface area contributed by atoms with Gasteiger partial charge in [-0.15, -0.1) is 0 Å². The first-order valence-electron chi connectivity index (χ1n) is 8.82. The van der Waals surface area contributed by atoms with E-state index < -0.39 is 0 Å². The largest absolute Gasteiger partial charge is 0.346 e. The van der Waals surface area contributed by atoms with Gasteiger partial charge >= 0.3 is 0 Å². The Labute approximate surface area is 148 Å². The second kappa shape index (κ2) is 7.10. The topological polar surface area (TPSA) is 73.2 Å². The molecule has 1 aromatic carbocycles. The summed E-state index contributed by atoms with van der Waals surface area (Å²) < 4.78 is 0. The van der Waals surface area contributed by atoms with Gasteiger partial charge in [0, 0.05) is 19.0 Å². The van der Waals surface area contributed by atoms with E-state index in [1.54, 1.807) is 11.0 Å². The van der Waals surface area contributed by atoms with Crippen LogP contribution in [0.4, 0.5) is 0 Å². The van der Waals surface area contributed by atoms with Crippen molar-refractivity contribution in [2.24, 2.45) is 5.92 Å². The molecule has 3 rings (SSSR count). The number of rotatable bonds is 4. The zero-order chi connectivity index (χ0) is 17.9. The maximum Gasteiger partial charge on any atom is 0.245 e. The fraction of sp³-hybridized carbons (Fsp3) is 0.450. The molecule has 2 aliphatic rings. The number of benzene rings is 1. The van der Waals surface area contributed by atoms with E-state index in [-0.39, 0.29) is 23.3 Å². The monoisotopic (exact) mass is 337 g/mol. The second-order valence-corrected chi connectivity index (χ2v) is 6.92. The van der Waals surface area contributed by atoms with Crippen molar-refractivity contribution in [2.45, 2.75) is 37.6 Å². The van der Waals surface area contributed by atoms with Crippen LogP contribution in [0.25, 0.3) is 0 Å². The van der Waals surface area contributed by atoms with Gasteiger partial charge in [-0.2, -0.15) is 5.26 Å². The molecule has 0 radical (unpaired) electrons. The Hall–Kier alpha value is -2.61. The highest BCUT2D eigenvalue weighted by Gasteiger charge is 2.41. The van der Waals surface area contributed by atoms with Gasteiger partial charge in [-0.1, -0.05) is 18.7 Å². The van der Waals surface area contributed by atoms with Crippen LogP contribution in [0.5, 0.6) is 0 Å². The lowest BCUT2D eigenvalue weighted by Crippen LogP contribution is -2.53. The molecule has 5 nitrogen and oxygen atoms in total. The molecule has 1 aliphatic heterocycles. The first kappa shape index (κ1) is 17.2. The first-order valence-corrected chi connectivity index (χ1v) is 8.82. The normalized spacial score (nSPS) is 19.4. The molecule has 5 heteroatoms. The highest BCUT2D eigenvalue weighted by atomic mass is 16.2. The summed E-state index contributed by atoms with van der Waals surface area (Å²) >= 11 is 0. The van der Waals surface area contributed by atoms with Crippen LogP contribution in [-0.2, 0) is 15.1 Å². The highest BCUT2D eigenvalue weighted by molar-refractivity contribution is 5.87. The van der Waals surface area contributed by atoms with E-state index in [1.807, 2.05) is 18.2 Å². The number of hydrogen-bond donors (Lipinski definition) is 1. The van der Waals surface area contributed by atoms with Gasteiger partial charge < -0.3 is 10.2 Å². The van der Waals surface area contributed by atoms with Gasteiger partial charge in [0.1, 0.15) is 0 Å². The van der Waals surface area contributed by atoms with Crippen molar-refractivity contribution in [3.8, 4) is 6.07 Å². The molecule has 130 valence electrons. The SMILES string of the molecule is C=CC(=O)N1CCC(C(=O)NC2(c3cccc(C#N)c3)CCC2)CC1. The highest BCUT2D eigenvalue weighted by Crippen LogP contribution is 2.42. The van der Waals surface area contributed by atoms with Crippen molar-refractivity contribution in [3.63, 3.8) is 0 Å². The summed E-state index contributed by atoms with van der Waals surface area (Å²) in [5.41, 5.74) is 1.30. The minimum atomic E-state index is -0.335. The molecule has 25 heavy (non-hydrogen) atoms.